The normalized spacial score (nSPS) is 12.3. The fourth-order valence-corrected chi connectivity index (χ4v) is 3.86. The van der Waals surface area contributed by atoms with Gasteiger partial charge in [-0.1, -0.05) is 42.5 Å². The highest BCUT2D eigenvalue weighted by Gasteiger charge is 2.35. The van der Waals surface area contributed by atoms with Gasteiger partial charge < -0.3 is 5.32 Å². The largest absolute Gasteiger partial charge is 0.416 e. The van der Waals surface area contributed by atoms with Crippen LogP contribution in [0, 0.1) is 0 Å². The minimum absolute atomic E-state index is 0.00517. The molecule has 0 spiro atoms. The van der Waals surface area contributed by atoms with E-state index in [0.717, 1.165) is 22.6 Å². The third-order valence-electron chi connectivity index (χ3n) is 4.42. The Morgan fingerprint density at radius 1 is 1.03 bits per heavy atom. The van der Waals surface area contributed by atoms with E-state index < -0.39 is 29.6 Å². The summed E-state index contributed by atoms with van der Waals surface area (Å²) in [6, 6.07) is 16.0. The maximum Gasteiger partial charge on any atom is 0.416 e. The van der Waals surface area contributed by atoms with Crippen LogP contribution in [0.25, 0.3) is 0 Å². The highest BCUT2D eigenvalue weighted by atomic mass is 32.1. The summed E-state index contributed by atoms with van der Waals surface area (Å²) in [5.74, 6) is -1.02. The van der Waals surface area contributed by atoms with Crippen molar-refractivity contribution in [3.05, 3.63) is 88.1 Å². The Morgan fingerprint density at radius 3 is 2.37 bits per heavy atom. The number of hydrogen-bond donors (Lipinski definition) is 1. The smallest absolute Gasteiger partial charge is 0.350 e. The van der Waals surface area contributed by atoms with Crippen LogP contribution >= 0.6 is 11.3 Å². The van der Waals surface area contributed by atoms with Crippen LogP contribution < -0.4 is 10.2 Å². The Hall–Kier alpha value is -3.13. The molecule has 3 rings (SSSR count). The topological polar surface area (TPSA) is 49.4 Å². The van der Waals surface area contributed by atoms with E-state index in [9.17, 15) is 22.8 Å². The lowest BCUT2D eigenvalue weighted by molar-refractivity contribution is -0.137. The van der Waals surface area contributed by atoms with Crippen LogP contribution in [0.3, 0.4) is 0 Å². The lowest BCUT2D eigenvalue weighted by Crippen LogP contribution is -2.42. The number of hydrogen-bond acceptors (Lipinski definition) is 3. The summed E-state index contributed by atoms with van der Waals surface area (Å²) in [6.45, 7) is 1.46. The van der Waals surface area contributed by atoms with Gasteiger partial charge in [0.25, 0.3) is 0 Å². The first-order valence-electron chi connectivity index (χ1n) is 9.09. The zero-order valence-corrected chi connectivity index (χ0v) is 16.8. The van der Waals surface area contributed by atoms with E-state index in [-0.39, 0.29) is 12.2 Å². The average Bonchev–Trinajstić information content (AvgIpc) is 3.24. The molecule has 1 atom stereocenters. The van der Waals surface area contributed by atoms with Crippen LogP contribution in [-0.4, -0.2) is 11.8 Å². The maximum atomic E-state index is 13.2. The number of amides is 2. The first kappa shape index (κ1) is 21.6. The van der Waals surface area contributed by atoms with Crippen molar-refractivity contribution in [2.45, 2.75) is 25.7 Å². The molecular weight excluding hydrogens is 413 g/mol. The van der Waals surface area contributed by atoms with Gasteiger partial charge in [-0.05, 0) is 35.2 Å². The molecule has 30 heavy (non-hydrogen) atoms. The fraction of sp³-hybridized carbons (Fsp3) is 0.182. The average molecular weight is 432 g/mol. The molecule has 1 unspecified atom stereocenters. The van der Waals surface area contributed by atoms with Gasteiger partial charge in [0, 0.05) is 24.0 Å². The molecule has 0 bridgehead atoms. The van der Waals surface area contributed by atoms with Crippen molar-refractivity contribution < 1.29 is 22.8 Å². The minimum Gasteiger partial charge on any atom is -0.350 e. The number of benzene rings is 2. The number of alkyl halides is 3. The SMILES string of the molecule is CC(=O)N(c1cccc(C(F)(F)F)c1)C(C(=O)NCc1ccccc1)c1cccs1. The molecule has 1 aromatic heterocycles. The zero-order chi connectivity index (χ0) is 21.7. The second-order valence-corrected chi connectivity index (χ2v) is 7.54. The van der Waals surface area contributed by atoms with E-state index in [1.54, 1.807) is 17.5 Å². The minimum atomic E-state index is -4.56. The molecule has 0 fully saturated rings. The standard InChI is InChI=1S/C22H19F3N2O2S/c1-15(28)27(18-10-5-9-17(13-18)22(23,24)25)20(19-11-6-12-30-19)21(29)26-14-16-7-3-2-4-8-16/h2-13,20H,14H2,1H3,(H,26,29). The van der Waals surface area contributed by atoms with Gasteiger partial charge in [-0.3, -0.25) is 14.5 Å². The summed E-state index contributed by atoms with van der Waals surface area (Å²) in [5, 5.41) is 4.54. The number of carbonyl (C=O) groups excluding carboxylic acids is 2. The lowest BCUT2D eigenvalue weighted by Gasteiger charge is -2.30. The lowest BCUT2D eigenvalue weighted by atomic mass is 10.1. The Morgan fingerprint density at radius 2 is 1.77 bits per heavy atom. The Balaban J connectivity index is 1.96. The van der Waals surface area contributed by atoms with Gasteiger partial charge in [-0.25, -0.2) is 0 Å². The van der Waals surface area contributed by atoms with E-state index >= 15 is 0 Å². The van der Waals surface area contributed by atoms with Crippen LogP contribution in [0.15, 0.2) is 72.1 Å². The summed E-state index contributed by atoms with van der Waals surface area (Å²) in [5.41, 5.74) is -0.0179. The van der Waals surface area contributed by atoms with E-state index in [0.29, 0.717) is 4.88 Å². The van der Waals surface area contributed by atoms with E-state index in [1.807, 2.05) is 30.3 Å². The maximum absolute atomic E-state index is 13.2. The molecule has 0 aliphatic heterocycles. The third-order valence-corrected chi connectivity index (χ3v) is 5.34. The molecule has 4 nitrogen and oxygen atoms in total. The number of nitrogens with one attached hydrogen (secondary N) is 1. The van der Waals surface area contributed by atoms with Crippen molar-refractivity contribution in [3.8, 4) is 0 Å². The first-order valence-corrected chi connectivity index (χ1v) is 9.97. The number of anilines is 1. The molecule has 0 aliphatic carbocycles. The van der Waals surface area contributed by atoms with Gasteiger partial charge in [0.2, 0.25) is 11.8 Å². The summed E-state index contributed by atoms with van der Waals surface area (Å²) < 4.78 is 39.6. The van der Waals surface area contributed by atoms with Gasteiger partial charge in [-0.15, -0.1) is 11.3 Å². The summed E-state index contributed by atoms with van der Waals surface area (Å²) in [7, 11) is 0. The summed E-state index contributed by atoms with van der Waals surface area (Å²) in [6.07, 6.45) is -4.56. The van der Waals surface area contributed by atoms with E-state index in [1.165, 1.54) is 30.4 Å². The molecule has 0 radical (unpaired) electrons. The van der Waals surface area contributed by atoms with Crippen LogP contribution in [0.2, 0.25) is 0 Å². The van der Waals surface area contributed by atoms with Crippen molar-refractivity contribution >= 4 is 28.8 Å². The fourth-order valence-electron chi connectivity index (χ4n) is 3.05. The molecule has 8 heteroatoms. The Labute approximate surface area is 176 Å². The Kier molecular flexibility index (Phi) is 6.56. The van der Waals surface area contributed by atoms with Gasteiger partial charge in [0.05, 0.1) is 5.56 Å². The molecule has 156 valence electrons. The van der Waals surface area contributed by atoms with Gasteiger partial charge in [0.15, 0.2) is 0 Å². The van der Waals surface area contributed by atoms with Crippen LogP contribution in [0.5, 0.6) is 0 Å². The Bertz CT molecular complexity index is 1000. The second kappa shape index (κ2) is 9.13. The predicted octanol–water partition coefficient (Wildman–Crippen LogP) is 5.18. The predicted molar refractivity (Wildman–Crippen MR) is 110 cm³/mol. The van der Waals surface area contributed by atoms with Crippen molar-refractivity contribution in [2.24, 2.45) is 0 Å². The van der Waals surface area contributed by atoms with E-state index in [4.69, 9.17) is 0 Å². The molecular formula is C22H19F3N2O2S. The van der Waals surface area contributed by atoms with Crippen molar-refractivity contribution in [2.75, 3.05) is 4.90 Å². The van der Waals surface area contributed by atoms with Crippen molar-refractivity contribution in [3.63, 3.8) is 0 Å². The highest BCUT2D eigenvalue weighted by molar-refractivity contribution is 7.10. The summed E-state index contributed by atoms with van der Waals surface area (Å²) >= 11 is 1.25. The summed E-state index contributed by atoms with van der Waals surface area (Å²) in [4.78, 5) is 27.2. The van der Waals surface area contributed by atoms with Crippen LogP contribution in [0.4, 0.5) is 18.9 Å². The monoisotopic (exact) mass is 432 g/mol. The zero-order valence-electron chi connectivity index (χ0n) is 16.0. The molecule has 1 heterocycles. The second-order valence-electron chi connectivity index (χ2n) is 6.56. The van der Waals surface area contributed by atoms with Gasteiger partial charge >= 0.3 is 6.18 Å². The quantitative estimate of drug-likeness (QED) is 0.584. The van der Waals surface area contributed by atoms with Gasteiger partial charge in [-0.2, -0.15) is 13.2 Å². The van der Waals surface area contributed by atoms with E-state index in [2.05, 4.69) is 5.32 Å². The molecule has 0 saturated heterocycles. The van der Waals surface area contributed by atoms with Gasteiger partial charge in [0.1, 0.15) is 6.04 Å². The number of halogens is 3. The van der Waals surface area contributed by atoms with Crippen LogP contribution in [-0.2, 0) is 22.3 Å². The number of carbonyl (C=O) groups is 2. The van der Waals surface area contributed by atoms with Crippen LogP contribution in [0.1, 0.15) is 29.0 Å². The number of rotatable bonds is 6. The number of nitrogens with zero attached hydrogens (tertiary/aromatic N) is 1. The third kappa shape index (κ3) is 5.07. The molecule has 3 aromatic rings. The van der Waals surface area contributed by atoms with Crippen molar-refractivity contribution in [1.29, 1.82) is 0 Å². The molecule has 0 saturated carbocycles. The first-order chi connectivity index (χ1) is 14.3. The van der Waals surface area contributed by atoms with Crippen molar-refractivity contribution in [1.82, 2.24) is 5.32 Å². The molecule has 2 amide bonds. The molecule has 0 aliphatic rings. The highest BCUT2D eigenvalue weighted by Crippen LogP contribution is 2.35. The molecule has 2 aromatic carbocycles. The molecule has 1 N–H and O–H groups in total. The number of thiophene rings is 1.